The van der Waals surface area contributed by atoms with Gasteiger partial charge in [-0.2, -0.15) is 0 Å². The molecule has 1 aromatic carbocycles. The summed E-state index contributed by atoms with van der Waals surface area (Å²) in [7, 11) is 0. The lowest BCUT2D eigenvalue weighted by Gasteiger charge is -2.38. The first kappa shape index (κ1) is 17.9. The number of aryl methyl sites for hydroxylation is 1. The van der Waals surface area contributed by atoms with Crippen molar-refractivity contribution in [1.82, 2.24) is 9.88 Å². The molecule has 0 bridgehead atoms. The highest BCUT2D eigenvalue weighted by atomic mass is 32.1. The van der Waals surface area contributed by atoms with Crippen LogP contribution in [0.3, 0.4) is 0 Å². The molecule has 0 radical (unpaired) electrons. The van der Waals surface area contributed by atoms with Crippen molar-refractivity contribution in [1.29, 1.82) is 0 Å². The van der Waals surface area contributed by atoms with Crippen LogP contribution in [0.2, 0.25) is 0 Å². The third-order valence-electron chi connectivity index (χ3n) is 5.20. The van der Waals surface area contributed by atoms with Crippen LogP contribution in [0.5, 0.6) is 0 Å². The van der Waals surface area contributed by atoms with Gasteiger partial charge >= 0.3 is 0 Å². The van der Waals surface area contributed by atoms with E-state index in [1.165, 1.54) is 9.71 Å². The Morgan fingerprint density at radius 1 is 1.19 bits per heavy atom. The molecule has 1 aromatic heterocycles. The molecule has 2 aliphatic heterocycles. The maximum Gasteiger partial charge on any atom is 0.222 e. The summed E-state index contributed by atoms with van der Waals surface area (Å²) in [4.78, 5) is 19.4. The van der Waals surface area contributed by atoms with E-state index in [-0.39, 0.29) is 18.2 Å². The zero-order valence-corrected chi connectivity index (χ0v) is 15.9. The molecule has 0 spiro atoms. The molecule has 1 amide bonds. The standard InChI is InChI=1S/C20H26N2O3S/c23-19(22-12-6-5-8-16(22)20-24-13-14-25-20)11-4-3-10-18-21-15-7-1-2-9-17(15)26-18/h1-2,7,9,16,20H,3-6,8,10-14H2. The second-order valence-electron chi connectivity index (χ2n) is 7.04. The van der Waals surface area contributed by atoms with Crippen LogP contribution in [-0.2, 0) is 20.7 Å². The average Bonchev–Trinajstić information content (AvgIpc) is 3.34. The summed E-state index contributed by atoms with van der Waals surface area (Å²) in [6, 6.07) is 8.35. The SMILES string of the molecule is O=C(CCCCc1nc2ccccc2s1)N1CCCCC1C1OCCO1. The zero-order chi connectivity index (χ0) is 17.8. The first-order valence-electron chi connectivity index (χ1n) is 9.68. The van der Waals surface area contributed by atoms with Gasteiger partial charge in [-0.05, 0) is 50.7 Å². The lowest BCUT2D eigenvalue weighted by atomic mass is 10.0. The minimum Gasteiger partial charge on any atom is -0.348 e. The van der Waals surface area contributed by atoms with Crippen molar-refractivity contribution in [3.63, 3.8) is 0 Å². The summed E-state index contributed by atoms with van der Waals surface area (Å²) in [5.41, 5.74) is 1.08. The molecule has 0 N–H and O–H groups in total. The molecular weight excluding hydrogens is 348 g/mol. The van der Waals surface area contributed by atoms with Gasteiger partial charge in [-0.3, -0.25) is 4.79 Å². The minimum atomic E-state index is -0.220. The predicted octanol–water partition coefficient (Wildman–Crippen LogP) is 3.76. The number of para-hydroxylation sites is 1. The predicted molar refractivity (Wildman–Crippen MR) is 102 cm³/mol. The second kappa shape index (κ2) is 8.46. The van der Waals surface area contributed by atoms with E-state index in [9.17, 15) is 4.79 Å². The van der Waals surface area contributed by atoms with Crippen LogP contribution in [0.15, 0.2) is 24.3 Å². The number of carbonyl (C=O) groups is 1. The third kappa shape index (κ3) is 4.08. The molecule has 6 heteroatoms. The van der Waals surface area contributed by atoms with E-state index in [1.54, 1.807) is 11.3 Å². The number of hydrogen-bond donors (Lipinski definition) is 0. The Bertz CT molecular complexity index is 708. The fourth-order valence-corrected chi connectivity index (χ4v) is 4.88. The van der Waals surface area contributed by atoms with Crippen LogP contribution in [0.1, 0.15) is 43.5 Å². The van der Waals surface area contributed by atoms with E-state index in [0.29, 0.717) is 19.6 Å². The van der Waals surface area contributed by atoms with Gasteiger partial charge in [0.05, 0.1) is 34.5 Å². The Morgan fingerprint density at radius 3 is 2.88 bits per heavy atom. The summed E-state index contributed by atoms with van der Waals surface area (Å²) in [6.07, 6.45) is 6.46. The number of carbonyl (C=O) groups excluding carboxylic acids is 1. The molecule has 1 unspecified atom stereocenters. The van der Waals surface area contributed by atoms with E-state index in [2.05, 4.69) is 23.2 Å². The van der Waals surface area contributed by atoms with Gasteiger partial charge in [0, 0.05) is 13.0 Å². The number of benzene rings is 1. The summed E-state index contributed by atoms with van der Waals surface area (Å²) in [5, 5.41) is 1.17. The summed E-state index contributed by atoms with van der Waals surface area (Å²) >= 11 is 1.76. The molecule has 2 fully saturated rings. The maximum absolute atomic E-state index is 12.7. The minimum absolute atomic E-state index is 0.100. The van der Waals surface area contributed by atoms with Crippen molar-refractivity contribution in [2.45, 2.75) is 57.3 Å². The van der Waals surface area contributed by atoms with E-state index in [1.807, 2.05) is 11.0 Å². The van der Waals surface area contributed by atoms with Crippen molar-refractivity contribution >= 4 is 27.5 Å². The number of thiazole rings is 1. The largest absolute Gasteiger partial charge is 0.348 e. The van der Waals surface area contributed by atoms with Crippen LogP contribution in [-0.4, -0.2) is 47.9 Å². The first-order chi connectivity index (χ1) is 12.8. The Hall–Kier alpha value is -1.50. The third-order valence-corrected chi connectivity index (χ3v) is 6.30. The highest BCUT2D eigenvalue weighted by molar-refractivity contribution is 7.18. The molecule has 2 aliphatic rings. The monoisotopic (exact) mass is 374 g/mol. The van der Waals surface area contributed by atoms with Crippen LogP contribution in [0, 0.1) is 0 Å². The number of ether oxygens (including phenoxy) is 2. The summed E-state index contributed by atoms with van der Waals surface area (Å²) in [6.45, 7) is 2.13. The van der Waals surface area contributed by atoms with E-state index < -0.39 is 0 Å². The molecular formula is C20H26N2O3S. The number of piperidine rings is 1. The second-order valence-corrected chi connectivity index (χ2v) is 8.16. The molecule has 140 valence electrons. The Kier molecular flexibility index (Phi) is 5.82. The van der Waals surface area contributed by atoms with Crippen LogP contribution in [0.25, 0.3) is 10.2 Å². The lowest BCUT2D eigenvalue weighted by Crippen LogP contribution is -2.50. The molecule has 0 saturated carbocycles. The average molecular weight is 375 g/mol. The van der Waals surface area contributed by atoms with Crippen molar-refractivity contribution in [2.24, 2.45) is 0 Å². The van der Waals surface area contributed by atoms with E-state index in [0.717, 1.165) is 50.6 Å². The smallest absolute Gasteiger partial charge is 0.222 e. The van der Waals surface area contributed by atoms with E-state index in [4.69, 9.17) is 9.47 Å². The van der Waals surface area contributed by atoms with Crippen LogP contribution < -0.4 is 0 Å². The van der Waals surface area contributed by atoms with Gasteiger partial charge in [-0.1, -0.05) is 12.1 Å². The zero-order valence-electron chi connectivity index (χ0n) is 15.1. The highest BCUT2D eigenvalue weighted by Crippen LogP contribution is 2.26. The number of rotatable bonds is 6. The maximum atomic E-state index is 12.7. The molecule has 0 aliphatic carbocycles. The summed E-state index contributed by atoms with van der Waals surface area (Å²) in [5.74, 6) is 0.248. The number of hydrogen-bond acceptors (Lipinski definition) is 5. The first-order valence-corrected chi connectivity index (χ1v) is 10.5. The van der Waals surface area contributed by atoms with Gasteiger partial charge in [-0.25, -0.2) is 4.98 Å². The lowest BCUT2D eigenvalue weighted by molar-refractivity contribution is -0.150. The van der Waals surface area contributed by atoms with E-state index >= 15 is 0 Å². The fourth-order valence-electron chi connectivity index (χ4n) is 3.87. The number of fused-ring (bicyclic) bond motifs is 1. The number of amides is 1. The molecule has 1 atom stereocenters. The molecule has 4 rings (SSSR count). The Balaban J connectivity index is 1.26. The van der Waals surface area contributed by atoms with Crippen LogP contribution >= 0.6 is 11.3 Å². The fraction of sp³-hybridized carbons (Fsp3) is 0.600. The molecule has 2 saturated heterocycles. The number of nitrogens with zero attached hydrogens (tertiary/aromatic N) is 2. The van der Waals surface area contributed by atoms with Gasteiger partial charge in [0.25, 0.3) is 0 Å². The van der Waals surface area contributed by atoms with Crippen molar-refractivity contribution in [2.75, 3.05) is 19.8 Å². The van der Waals surface area contributed by atoms with Gasteiger partial charge in [0.1, 0.15) is 0 Å². The van der Waals surface area contributed by atoms with Crippen LogP contribution in [0.4, 0.5) is 0 Å². The van der Waals surface area contributed by atoms with Crippen molar-refractivity contribution in [3.8, 4) is 0 Å². The van der Waals surface area contributed by atoms with Gasteiger partial charge in [0.2, 0.25) is 5.91 Å². The van der Waals surface area contributed by atoms with Gasteiger partial charge < -0.3 is 14.4 Å². The van der Waals surface area contributed by atoms with Gasteiger partial charge in [0.15, 0.2) is 6.29 Å². The highest BCUT2D eigenvalue weighted by Gasteiger charge is 2.35. The van der Waals surface area contributed by atoms with Gasteiger partial charge in [-0.15, -0.1) is 11.3 Å². The summed E-state index contributed by atoms with van der Waals surface area (Å²) < 4.78 is 12.6. The number of likely N-dealkylation sites (tertiary alicyclic amines) is 1. The molecule has 26 heavy (non-hydrogen) atoms. The Morgan fingerprint density at radius 2 is 2.04 bits per heavy atom. The number of aromatic nitrogens is 1. The molecule has 2 aromatic rings. The quantitative estimate of drug-likeness (QED) is 0.723. The van der Waals surface area contributed by atoms with Crippen molar-refractivity contribution in [3.05, 3.63) is 29.3 Å². The molecule has 5 nitrogen and oxygen atoms in total. The normalized spacial score (nSPS) is 21.5. The topological polar surface area (TPSA) is 51.7 Å². The Labute approximate surface area is 158 Å². The van der Waals surface area contributed by atoms with Crippen molar-refractivity contribution < 1.29 is 14.3 Å². The number of unbranched alkanes of at least 4 members (excludes halogenated alkanes) is 1. The molecule has 3 heterocycles.